The molecular weight excluding hydrogens is 422 g/mol. The zero-order valence-corrected chi connectivity index (χ0v) is 17.8. The van der Waals surface area contributed by atoms with E-state index < -0.39 is 6.23 Å². The molecule has 168 valence electrons. The first-order chi connectivity index (χ1) is 16.2. The van der Waals surface area contributed by atoms with Crippen LogP contribution in [0.5, 0.6) is 0 Å². The molecule has 0 fully saturated rings. The third-order valence-corrected chi connectivity index (χ3v) is 4.91. The third kappa shape index (κ3) is 5.20. The number of pyridine rings is 1. The number of aromatic nitrogens is 3. The maximum Gasteiger partial charge on any atom is 0.287 e. The van der Waals surface area contributed by atoms with E-state index in [0.717, 1.165) is 4.73 Å². The average molecular weight is 446 g/mol. The summed E-state index contributed by atoms with van der Waals surface area (Å²) in [7, 11) is 0. The van der Waals surface area contributed by atoms with E-state index in [9.17, 15) is 15.4 Å². The molecule has 2 heterocycles. The number of fused-ring (bicyclic) bond motifs is 1. The molecule has 0 aliphatic carbocycles. The third-order valence-electron chi connectivity index (χ3n) is 4.91. The number of nitrogens with zero attached hydrogens (tertiary/aromatic N) is 7. The quantitative estimate of drug-likeness (QED) is 0.100. The van der Waals surface area contributed by atoms with Crippen molar-refractivity contribution < 1.29 is 20.0 Å². The van der Waals surface area contributed by atoms with Crippen LogP contribution in [0.4, 0.5) is 0 Å². The van der Waals surface area contributed by atoms with E-state index in [1.54, 1.807) is 35.0 Å². The minimum atomic E-state index is -1.04. The molecule has 10 nitrogen and oxygen atoms in total. The van der Waals surface area contributed by atoms with Crippen LogP contribution in [0.25, 0.3) is 11.0 Å². The maximum absolute atomic E-state index is 10.6. The largest absolute Gasteiger partial charge is 0.395 e. The minimum Gasteiger partial charge on any atom is -0.395 e. The first-order valence-corrected chi connectivity index (χ1v) is 10.4. The van der Waals surface area contributed by atoms with Gasteiger partial charge in [-0.1, -0.05) is 48.5 Å². The van der Waals surface area contributed by atoms with E-state index in [0.29, 0.717) is 28.6 Å². The summed E-state index contributed by atoms with van der Waals surface area (Å²) in [4.78, 5) is 0. The second-order valence-electron chi connectivity index (χ2n) is 7.13. The lowest BCUT2D eigenvalue weighted by Crippen LogP contribution is -2.40. The Kier molecular flexibility index (Phi) is 6.98. The van der Waals surface area contributed by atoms with E-state index in [-0.39, 0.29) is 19.0 Å². The number of azo groups is 1. The van der Waals surface area contributed by atoms with Gasteiger partial charge in [0.1, 0.15) is 6.54 Å². The molecular formula is C23H24N7O3+. The van der Waals surface area contributed by atoms with Crippen LogP contribution in [0.3, 0.4) is 0 Å². The van der Waals surface area contributed by atoms with Crippen molar-refractivity contribution in [2.24, 2.45) is 20.4 Å². The number of aliphatic hydroxyl groups excluding tert-OH is 2. The van der Waals surface area contributed by atoms with Gasteiger partial charge in [-0.05, 0) is 29.0 Å². The molecule has 0 saturated carbocycles. The van der Waals surface area contributed by atoms with Gasteiger partial charge in [0, 0.05) is 18.3 Å². The fourth-order valence-electron chi connectivity index (χ4n) is 3.30. The number of aliphatic hydroxyl groups is 2. The molecule has 2 aromatic carbocycles. The van der Waals surface area contributed by atoms with Crippen LogP contribution in [0.1, 0.15) is 11.8 Å². The van der Waals surface area contributed by atoms with Crippen molar-refractivity contribution in [3.63, 3.8) is 0 Å². The lowest BCUT2D eigenvalue weighted by atomic mass is 10.2. The molecule has 4 rings (SSSR count). The molecule has 2 aromatic heterocycles. The summed E-state index contributed by atoms with van der Waals surface area (Å²) < 4.78 is 4.24. The molecule has 10 heteroatoms. The molecule has 0 aliphatic rings. The van der Waals surface area contributed by atoms with Crippen molar-refractivity contribution >= 4 is 16.9 Å². The van der Waals surface area contributed by atoms with Gasteiger partial charge < -0.3 is 20.0 Å². The standard InChI is InChI=1S/C23H24N7O3/c31-15-14-28-13-7-6-12-21(28)25-27-23(18-8-2-1-3-9-18)26-24-16-22(32)29-17-30(33)20-11-5-4-10-19(20)29/h1-13,17,22,31-33H,14-16H2/q+1. The van der Waals surface area contributed by atoms with E-state index in [4.69, 9.17) is 0 Å². The highest BCUT2D eigenvalue weighted by molar-refractivity contribution is 5.98. The summed E-state index contributed by atoms with van der Waals surface area (Å²) in [6, 6.07) is 21.9. The molecule has 0 amide bonds. The van der Waals surface area contributed by atoms with Gasteiger partial charge in [-0.25, -0.2) is 0 Å². The molecule has 3 N–H and O–H groups in total. The Hall–Kier alpha value is -4.15. The molecule has 0 saturated heterocycles. The van der Waals surface area contributed by atoms with E-state index >= 15 is 0 Å². The van der Waals surface area contributed by atoms with Crippen molar-refractivity contribution in [2.75, 3.05) is 13.2 Å². The Morgan fingerprint density at radius 2 is 1.73 bits per heavy atom. The maximum atomic E-state index is 10.6. The Morgan fingerprint density at radius 1 is 0.970 bits per heavy atom. The first kappa shape index (κ1) is 22.1. The monoisotopic (exact) mass is 446 g/mol. The Labute approximate surface area is 189 Å². The molecule has 0 bridgehead atoms. The Bertz CT molecular complexity index is 1340. The molecule has 0 radical (unpaired) electrons. The number of amidine groups is 1. The Balaban J connectivity index is 1.61. The minimum absolute atomic E-state index is 0.0219. The molecule has 1 atom stereocenters. The molecule has 4 aromatic rings. The van der Waals surface area contributed by atoms with Gasteiger partial charge in [-0.3, -0.25) is 0 Å². The molecule has 0 aliphatic heterocycles. The van der Waals surface area contributed by atoms with Crippen LogP contribution in [-0.4, -0.2) is 43.7 Å². The predicted octanol–water partition coefficient (Wildman–Crippen LogP) is 1.87. The number of hydrogen-bond donors (Lipinski definition) is 3. The van der Waals surface area contributed by atoms with Crippen LogP contribution >= 0.6 is 0 Å². The van der Waals surface area contributed by atoms with E-state index in [1.807, 2.05) is 48.5 Å². The fraction of sp³-hybridized carbons (Fsp3) is 0.174. The van der Waals surface area contributed by atoms with Gasteiger partial charge in [-0.15, -0.1) is 15.3 Å². The fourth-order valence-corrected chi connectivity index (χ4v) is 3.30. The lowest BCUT2D eigenvalue weighted by molar-refractivity contribution is -0.735. The van der Waals surface area contributed by atoms with Gasteiger partial charge in [0.2, 0.25) is 17.6 Å². The van der Waals surface area contributed by atoms with Crippen LogP contribution in [0.2, 0.25) is 0 Å². The van der Waals surface area contributed by atoms with Crippen molar-refractivity contribution in [1.29, 1.82) is 0 Å². The zero-order chi connectivity index (χ0) is 23.0. The molecule has 1 unspecified atom stereocenters. The summed E-state index contributed by atoms with van der Waals surface area (Å²) in [6.07, 6.45) is 2.16. The van der Waals surface area contributed by atoms with Crippen LogP contribution in [0, 0.1) is 0 Å². The summed E-state index contributed by atoms with van der Waals surface area (Å²) in [6.45, 7) is 0.311. The highest BCUT2D eigenvalue weighted by Crippen LogP contribution is 2.11. The number of hydrogen-bond acceptors (Lipinski definition) is 6. The average Bonchev–Trinajstić information content (AvgIpc) is 3.19. The topological polar surface area (TPSA) is 124 Å². The highest BCUT2D eigenvalue weighted by Gasteiger charge is 2.20. The number of imidazole rings is 1. The van der Waals surface area contributed by atoms with Crippen molar-refractivity contribution in [2.45, 2.75) is 12.8 Å². The van der Waals surface area contributed by atoms with Crippen LogP contribution in [0.15, 0.2) is 106 Å². The first-order valence-electron chi connectivity index (χ1n) is 10.4. The lowest BCUT2D eigenvalue weighted by Gasteiger charge is -2.04. The SMILES string of the molecule is OCCn1ccccc1=NN=C(N=NCC(O)[n+]1cn(O)c2ccccc21)c1ccccc1. The van der Waals surface area contributed by atoms with Gasteiger partial charge in [0.05, 0.1) is 6.61 Å². The van der Waals surface area contributed by atoms with Crippen LogP contribution < -0.4 is 10.1 Å². The highest BCUT2D eigenvalue weighted by atomic mass is 16.5. The normalized spacial score (nSPS) is 13.8. The smallest absolute Gasteiger partial charge is 0.287 e. The number of benzene rings is 2. The van der Waals surface area contributed by atoms with Gasteiger partial charge in [0.15, 0.2) is 11.0 Å². The van der Waals surface area contributed by atoms with Gasteiger partial charge in [0.25, 0.3) is 6.33 Å². The second-order valence-corrected chi connectivity index (χ2v) is 7.13. The summed E-state index contributed by atoms with van der Waals surface area (Å²) in [5.41, 5.74) is 2.50. The number of para-hydroxylation sites is 2. The van der Waals surface area contributed by atoms with Crippen molar-refractivity contribution in [3.8, 4) is 0 Å². The summed E-state index contributed by atoms with van der Waals surface area (Å²) in [5.74, 6) is 0.275. The van der Waals surface area contributed by atoms with Crippen molar-refractivity contribution in [3.05, 3.63) is 96.4 Å². The predicted molar refractivity (Wildman–Crippen MR) is 120 cm³/mol. The zero-order valence-electron chi connectivity index (χ0n) is 17.8. The summed E-state index contributed by atoms with van der Waals surface area (Å²) in [5, 5.41) is 46.8. The number of rotatable bonds is 7. The molecule has 33 heavy (non-hydrogen) atoms. The second kappa shape index (κ2) is 10.4. The summed E-state index contributed by atoms with van der Waals surface area (Å²) >= 11 is 0. The van der Waals surface area contributed by atoms with Crippen LogP contribution in [-0.2, 0) is 6.54 Å². The van der Waals surface area contributed by atoms with Gasteiger partial charge >= 0.3 is 0 Å². The van der Waals surface area contributed by atoms with E-state index in [2.05, 4.69) is 20.4 Å². The molecule has 0 spiro atoms. The van der Waals surface area contributed by atoms with E-state index in [1.165, 1.54) is 10.9 Å². The van der Waals surface area contributed by atoms with Gasteiger partial charge in [-0.2, -0.15) is 9.68 Å². The Morgan fingerprint density at radius 3 is 2.55 bits per heavy atom. The van der Waals surface area contributed by atoms with Crippen molar-refractivity contribution in [1.82, 2.24) is 9.30 Å².